The quantitative estimate of drug-likeness (QED) is 0.408. The molecule has 2 atom stereocenters. The van der Waals surface area contributed by atoms with Crippen LogP contribution in [-0.2, 0) is 20.8 Å². The molecule has 0 bridgehead atoms. The normalized spacial score (nSPS) is 19.5. The van der Waals surface area contributed by atoms with E-state index in [2.05, 4.69) is 16.0 Å². The Morgan fingerprint density at radius 3 is 2.60 bits per heavy atom. The number of halogens is 1. The molecule has 3 amide bonds. The number of nitrogens with one attached hydrogen (secondary N) is 3. The zero-order valence-corrected chi connectivity index (χ0v) is 19.2. The van der Waals surface area contributed by atoms with Gasteiger partial charge in [0.15, 0.2) is 11.6 Å². The molecule has 4 N–H and O–H groups in total. The van der Waals surface area contributed by atoms with Gasteiger partial charge in [0.1, 0.15) is 11.8 Å². The lowest BCUT2D eigenvalue weighted by molar-refractivity contribution is -0.142. The van der Waals surface area contributed by atoms with Crippen molar-refractivity contribution in [2.24, 2.45) is 0 Å². The Balaban J connectivity index is 1.38. The minimum absolute atomic E-state index is 0.0424. The van der Waals surface area contributed by atoms with Gasteiger partial charge in [-0.1, -0.05) is 18.2 Å². The number of carboxylic acid groups (broad SMARTS) is 1. The summed E-state index contributed by atoms with van der Waals surface area (Å²) in [7, 11) is 0. The average Bonchev–Trinajstić information content (AvgIpc) is 3.46. The predicted octanol–water partition coefficient (Wildman–Crippen LogP) is 2.81. The van der Waals surface area contributed by atoms with Gasteiger partial charge in [-0.15, -0.1) is 0 Å². The second-order valence-electron chi connectivity index (χ2n) is 8.04. The van der Waals surface area contributed by atoms with Crippen LogP contribution in [0.15, 0.2) is 47.4 Å². The van der Waals surface area contributed by atoms with Gasteiger partial charge < -0.3 is 20.5 Å². The Kier molecular flexibility index (Phi) is 7.47. The van der Waals surface area contributed by atoms with Gasteiger partial charge in [-0.3, -0.25) is 19.7 Å². The molecule has 2 saturated heterocycles. The molecule has 2 aromatic rings. The molecule has 0 saturated carbocycles. The number of aliphatic carboxylic acids is 1. The molecule has 2 heterocycles. The fourth-order valence-electron chi connectivity index (χ4n) is 3.70. The molecule has 0 aromatic heterocycles. The first-order valence-corrected chi connectivity index (χ1v) is 11.7. The summed E-state index contributed by atoms with van der Waals surface area (Å²) in [6.07, 6.45) is 3.04. The molecular formula is C24H22FN3O6S. The number of ether oxygens (including phenoxy) is 1. The monoisotopic (exact) mass is 499 g/mol. The van der Waals surface area contributed by atoms with Crippen molar-refractivity contribution in [1.29, 1.82) is 0 Å². The second-order valence-corrected chi connectivity index (χ2v) is 9.06. The van der Waals surface area contributed by atoms with Crippen molar-refractivity contribution in [3.05, 3.63) is 64.3 Å². The summed E-state index contributed by atoms with van der Waals surface area (Å²) in [5, 5.41) is 16.8. The summed E-state index contributed by atoms with van der Waals surface area (Å²) < 4.78 is 20.1. The van der Waals surface area contributed by atoms with Crippen LogP contribution in [0.5, 0.6) is 11.5 Å². The van der Waals surface area contributed by atoms with E-state index in [1.54, 1.807) is 30.3 Å². The fourth-order valence-corrected chi connectivity index (χ4v) is 4.38. The van der Waals surface area contributed by atoms with E-state index in [0.29, 0.717) is 23.3 Å². The van der Waals surface area contributed by atoms with Gasteiger partial charge in [0.05, 0.1) is 10.9 Å². The molecule has 0 aliphatic carbocycles. The van der Waals surface area contributed by atoms with Crippen molar-refractivity contribution in [3.8, 4) is 11.5 Å². The molecule has 0 radical (unpaired) electrons. The van der Waals surface area contributed by atoms with E-state index in [4.69, 9.17) is 4.74 Å². The molecule has 2 aliphatic rings. The highest BCUT2D eigenvalue weighted by atomic mass is 32.2. The number of carbonyl (C=O) groups is 4. The zero-order chi connectivity index (χ0) is 24.9. The third-order valence-electron chi connectivity index (χ3n) is 5.48. The van der Waals surface area contributed by atoms with Gasteiger partial charge in [0.25, 0.3) is 11.1 Å². The van der Waals surface area contributed by atoms with Gasteiger partial charge in [0, 0.05) is 6.42 Å². The van der Waals surface area contributed by atoms with Gasteiger partial charge in [-0.05, 0) is 72.6 Å². The molecule has 0 spiro atoms. The minimum atomic E-state index is -1.13. The van der Waals surface area contributed by atoms with Crippen LogP contribution in [0.25, 0.3) is 6.08 Å². The standard InChI is InChI=1S/C24H22FN3O6S/c25-16-10-14(12-20-22(30)28-24(33)35-20)5-8-19(16)34-15-6-3-13(4-7-15)11-18(23(31)32)27-21(29)17-2-1-9-26-17/h3-8,10,12,17-18,26H,1-2,9,11H2,(H,27,29)(H,31,32)(H,28,30,33)/b20-12+. The number of thioether (sulfide) groups is 1. The maximum Gasteiger partial charge on any atom is 0.326 e. The Hall–Kier alpha value is -3.70. The van der Waals surface area contributed by atoms with Crippen molar-refractivity contribution in [1.82, 2.24) is 16.0 Å². The van der Waals surface area contributed by atoms with E-state index in [1.807, 2.05) is 0 Å². The van der Waals surface area contributed by atoms with Crippen LogP contribution in [0.4, 0.5) is 9.18 Å². The van der Waals surface area contributed by atoms with Crippen molar-refractivity contribution >= 4 is 40.9 Å². The summed E-state index contributed by atoms with van der Waals surface area (Å²) in [4.78, 5) is 46.9. The first-order valence-electron chi connectivity index (χ1n) is 10.9. The van der Waals surface area contributed by atoms with E-state index in [0.717, 1.165) is 24.7 Å². The smallest absolute Gasteiger partial charge is 0.326 e. The highest BCUT2D eigenvalue weighted by Crippen LogP contribution is 2.29. The molecule has 2 unspecified atom stereocenters. The lowest BCUT2D eigenvalue weighted by Crippen LogP contribution is -2.49. The number of hydrogen-bond donors (Lipinski definition) is 4. The number of imide groups is 1. The first kappa shape index (κ1) is 24.4. The van der Waals surface area contributed by atoms with Crippen LogP contribution in [0.1, 0.15) is 24.0 Å². The van der Waals surface area contributed by atoms with Crippen molar-refractivity contribution in [2.75, 3.05) is 6.54 Å². The highest BCUT2D eigenvalue weighted by molar-refractivity contribution is 8.18. The highest BCUT2D eigenvalue weighted by Gasteiger charge is 2.27. The van der Waals surface area contributed by atoms with E-state index < -0.39 is 29.0 Å². The SMILES string of the molecule is O=C1NC(=O)/C(=C\c2ccc(Oc3ccc(CC(NC(=O)C4CCCN4)C(=O)O)cc3)c(F)c2)S1. The lowest BCUT2D eigenvalue weighted by atomic mass is 10.1. The number of rotatable bonds is 8. The van der Waals surface area contributed by atoms with Gasteiger partial charge in [-0.25, -0.2) is 9.18 Å². The Labute approximate surface area is 204 Å². The summed E-state index contributed by atoms with van der Waals surface area (Å²) in [6, 6.07) is 9.14. The molecule has 4 rings (SSSR count). The van der Waals surface area contributed by atoms with Crippen LogP contribution < -0.4 is 20.7 Å². The lowest BCUT2D eigenvalue weighted by Gasteiger charge is -2.18. The third-order valence-corrected chi connectivity index (χ3v) is 6.29. The molecule has 182 valence electrons. The van der Waals surface area contributed by atoms with Gasteiger partial charge in [-0.2, -0.15) is 0 Å². The van der Waals surface area contributed by atoms with E-state index >= 15 is 0 Å². The van der Waals surface area contributed by atoms with E-state index in [9.17, 15) is 28.7 Å². The van der Waals surface area contributed by atoms with Crippen LogP contribution >= 0.6 is 11.8 Å². The van der Waals surface area contributed by atoms with Gasteiger partial charge >= 0.3 is 5.97 Å². The number of hydrogen-bond acceptors (Lipinski definition) is 7. The van der Waals surface area contributed by atoms with Crippen molar-refractivity contribution in [2.45, 2.75) is 31.3 Å². The molecule has 2 fully saturated rings. The largest absolute Gasteiger partial charge is 0.480 e. The maximum absolute atomic E-state index is 14.5. The zero-order valence-electron chi connectivity index (χ0n) is 18.4. The number of benzene rings is 2. The van der Waals surface area contributed by atoms with E-state index in [-0.39, 0.29) is 29.0 Å². The summed E-state index contributed by atoms with van der Waals surface area (Å²) >= 11 is 0.742. The molecule has 9 nitrogen and oxygen atoms in total. The number of carboxylic acids is 1. The van der Waals surface area contributed by atoms with Crippen LogP contribution in [0.3, 0.4) is 0 Å². The number of amides is 3. The average molecular weight is 500 g/mol. The Bertz CT molecular complexity index is 1190. The van der Waals surface area contributed by atoms with Crippen LogP contribution in [0.2, 0.25) is 0 Å². The molecule has 35 heavy (non-hydrogen) atoms. The maximum atomic E-state index is 14.5. The topological polar surface area (TPSA) is 134 Å². The Morgan fingerprint density at radius 2 is 2.00 bits per heavy atom. The molecule has 11 heteroatoms. The first-order chi connectivity index (χ1) is 16.8. The van der Waals surface area contributed by atoms with Crippen molar-refractivity contribution in [3.63, 3.8) is 0 Å². The number of carbonyl (C=O) groups excluding carboxylic acids is 3. The Morgan fingerprint density at radius 1 is 1.23 bits per heavy atom. The predicted molar refractivity (Wildman–Crippen MR) is 126 cm³/mol. The molecule has 2 aromatic carbocycles. The third kappa shape index (κ3) is 6.25. The summed E-state index contributed by atoms with van der Waals surface area (Å²) in [5.74, 6) is -2.36. The van der Waals surface area contributed by atoms with Crippen LogP contribution in [-0.4, -0.2) is 46.8 Å². The fraction of sp³-hybridized carbons (Fsp3) is 0.250. The second kappa shape index (κ2) is 10.7. The summed E-state index contributed by atoms with van der Waals surface area (Å²) in [5.41, 5.74) is 1.06. The van der Waals surface area contributed by atoms with Gasteiger partial charge in [0.2, 0.25) is 5.91 Å². The van der Waals surface area contributed by atoms with Crippen molar-refractivity contribution < 1.29 is 33.4 Å². The molecule has 2 aliphatic heterocycles. The van der Waals surface area contributed by atoms with E-state index in [1.165, 1.54) is 18.2 Å². The summed E-state index contributed by atoms with van der Waals surface area (Å²) in [6.45, 7) is 0.732. The van der Waals surface area contributed by atoms with Crippen LogP contribution in [0, 0.1) is 5.82 Å². The minimum Gasteiger partial charge on any atom is -0.480 e. The molecular weight excluding hydrogens is 477 g/mol.